The van der Waals surface area contributed by atoms with E-state index >= 15 is 0 Å². The van der Waals surface area contributed by atoms with Gasteiger partial charge in [-0.25, -0.2) is 0 Å². The lowest BCUT2D eigenvalue weighted by Gasteiger charge is -2.26. The molecule has 0 saturated carbocycles. The fraction of sp³-hybridized carbons (Fsp3) is 0.500. The SMILES string of the molecule is CN1CCCN(c2ccc(CO)cc2C(F)(F)F)CC1=O. The van der Waals surface area contributed by atoms with Gasteiger partial charge in [-0.3, -0.25) is 4.79 Å². The van der Waals surface area contributed by atoms with Gasteiger partial charge < -0.3 is 14.9 Å². The van der Waals surface area contributed by atoms with E-state index in [1.54, 1.807) is 7.05 Å². The Morgan fingerprint density at radius 3 is 2.62 bits per heavy atom. The van der Waals surface area contributed by atoms with E-state index in [4.69, 9.17) is 5.11 Å². The fourth-order valence-corrected chi connectivity index (χ4v) is 2.38. The maximum absolute atomic E-state index is 13.2. The number of hydrogen-bond donors (Lipinski definition) is 1. The molecule has 1 aromatic carbocycles. The predicted molar refractivity (Wildman–Crippen MR) is 71.8 cm³/mol. The van der Waals surface area contributed by atoms with Crippen LogP contribution in [-0.4, -0.2) is 42.6 Å². The van der Waals surface area contributed by atoms with Crippen molar-refractivity contribution in [3.8, 4) is 0 Å². The van der Waals surface area contributed by atoms with Gasteiger partial charge in [0.25, 0.3) is 0 Å². The van der Waals surface area contributed by atoms with Crippen LogP contribution in [0.3, 0.4) is 0 Å². The second-order valence-corrected chi connectivity index (χ2v) is 5.10. The minimum Gasteiger partial charge on any atom is -0.392 e. The number of benzene rings is 1. The Kier molecular flexibility index (Phi) is 4.41. The molecule has 1 aromatic rings. The minimum absolute atomic E-state index is 0.0108. The number of alkyl halides is 3. The first-order valence-electron chi connectivity index (χ1n) is 6.63. The molecule has 0 aromatic heterocycles. The number of aliphatic hydroxyl groups excluding tert-OH is 1. The van der Waals surface area contributed by atoms with E-state index in [9.17, 15) is 18.0 Å². The molecule has 1 fully saturated rings. The van der Waals surface area contributed by atoms with Gasteiger partial charge in [0, 0.05) is 25.8 Å². The number of halogens is 3. The monoisotopic (exact) mass is 302 g/mol. The van der Waals surface area contributed by atoms with Crippen LogP contribution in [0.1, 0.15) is 17.5 Å². The van der Waals surface area contributed by atoms with Crippen molar-refractivity contribution < 1.29 is 23.1 Å². The van der Waals surface area contributed by atoms with E-state index < -0.39 is 18.3 Å². The van der Waals surface area contributed by atoms with Crippen molar-refractivity contribution in [3.63, 3.8) is 0 Å². The molecule has 1 heterocycles. The zero-order valence-corrected chi connectivity index (χ0v) is 11.7. The Morgan fingerprint density at radius 2 is 2.00 bits per heavy atom. The summed E-state index contributed by atoms with van der Waals surface area (Å²) in [6.45, 7) is 0.395. The van der Waals surface area contributed by atoms with Crippen LogP contribution in [0.15, 0.2) is 18.2 Å². The Bertz CT molecular complexity index is 531. The normalized spacial score (nSPS) is 17.1. The summed E-state index contributed by atoms with van der Waals surface area (Å²) < 4.78 is 39.6. The maximum Gasteiger partial charge on any atom is 0.418 e. The van der Waals surface area contributed by atoms with Crippen molar-refractivity contribution in [3.05, 3.63) is 29.3 Å². The van der Waals surface area contributed by atoms with Crippen molar-refractivity contribution in [2.45, 2.75) is 19.2 Å². The van der Waals surface area contributed by atoms with E-state index in [2.05, 4.69) is 0 Å². The largest absolute Gasteiger partial charge is 0.418 e. The topological polar surface area (TPSA) is 43.8 Å². The number of aliphatic hydroxyl groups is 1. The number of carbonyl (C=O) groups excluding carboxylic acids is 1. The lowest BCUT2D eigenvalue weighted by Crippen LogP contribution is -2.35. The first kappa shape index (κ1) is 15.6. The molecule has 0 atom stereocenters. The van der Waals surface area contributed by atoms with Gasteiger partial charge in [0.1, 0.15) is 0 Å². The Labute approximate surface area is 120 Å². The molecule has 1 aliphatic heterocycles. The van der Waals surface area contributed by atoms with Gasteiger partial charge in [0.15, 0.2) is 0 Å². The van der Waals surface area contributed by atoms with Gasteiger partial charge >= 0.3 is 6.18 Å². The molecule has 4 nitrogen and oxygen atoms in total. The van der Waals surface area contributed by atoms with Crippen molar-refractivity contribution in [2.24, 2.45) is 0 Å². The van der Waals surface area contributed by atoms with E-state index in [0.29, 0.717) is 19.5 Å². The van der Waals surface area contributed by atoms with Crippen LogP contribution < -0.4 is 4.90 Å². The smallest absolute Gasteiger partial charge is 0.392 e. The molecule has 0 spiro atoms. The molecule has 0 aliphatic carbocycles. The molecule has 1 aliphatic rings. The van der Waals surface area contributed by atoms with E-state index in [1.165, 1.54) is 21.9 Å². The van der Waals surface area contributed by atoms with Gasteiger partial charge in [-0.1, -0.05) is 6.07 Å². The number of amides is 1. The third-order valence-corrected chi connectivity index (χ3v) is 3.56. The molecule has 1 saturated heterocycles. The second-order valence-electron chi connectivity index (χ2n) is 5.10. The van der Waals surface area contributed by atoms with Crippen LogP contribution >= 0.6 is 0 Å². The lowest BCUT2D eigenvalue weighted by atomic mass is 10.1. The third kappa shape index (κ3) is 3.47. The molecule has 2 rings (SSSR count). The zero-order valence-electron chi connectivity index (χ0n) is 11.7. The van der Waals surface area contributed by atoms with Crippen molar-refractivity contribution in [1.82, 2.24) is 4.90 Å². The third-order valence-electron chi connectivity index (χ3n) is 3.56. The summed E-state index contributed by atoms with van der Waals surface area (Å²) in [5, 5.41) is 9.01. The number of likely N-dealkylation sites (N-methyl/N-ethyl adjacent to an activating group) is 1. The Balaban J connectivity index is 2.40. The van der Waals surface area contributed by atoms with Gasteiger partial charge in [-0.15, -0.1) is 0 Å². The molecule has 0 radical (unpaired) electrons. The maximum atomic E-state index is 13.2. The molecule has 116 valence electrons. The molecule has 0 bridgehead atoms. The summed E-state index contributed by atoms with van der Waals surface area (Å²) in [6, 6.07) is 3.71. The summed E-state index contributed by atoms with van der Waals surface area (Å²) in [4.78, 5) is 14.8. The quantitative estimate of drug-likeness (QED) is 0.907. The van der Waals surface area contributed by atoms with Crippen molar-refractivity contribution in [1.29, 1.82) is 0 Å². The summed E-state index contributed by atoms with van der Waals surface area (Å²) in [5.74, 6) is -0.202. The van der Waals surface area contributed by atoms with E-state index in [-0.39, 0.29) is 23.7 Å². The lowest BCUT2D eigenvalue weighted by molar-refractivity contribution is -0.137. The van der Waals surface area contributed by atoms with Crippen LogP contribution in [0, 0.1) is 0 Å². The first-order chi connectivity index (χ1) is 9.82. The van der Waals surface area contributed by atoms with Crippen molar-refractivity contribution >= 4 is 11.6 Å². The van der Waals surface area contributed by atoms with Crippen molar-refractivity contribution in [2.75, 3.05) is 31.6 Å². The first-order valence-corrected chi connectivity index (χ1v) is 6.63. The molecular formula is C14H17F3N2O2. The number of carbonyl (C=O) groups is 1. The van der Waals surface area contributed by atoms with Crippen LogP contribution in [0.25, 0.3) is 0 Å². The van der Waals surface area contributed by atoms with Gasteiger partial charge in [0.05, 0.1) is 18.7 Å². The van der Waals surface area contributed by atoms with Gasteiger partial charge in [0.2, 0.25) is 5.91 Å². The van der Waals surface area contributed by atoms with Crippen LogP contribution in [0.5, 0.6) is 0 Å². The Morgan fingerprint density at radius 1 is 1.29 bits per heavy atom. The summed E-state index contributed by atoms with van der Waals surface area (Å²) in [6.07, 6.45) is -3.91. The highest BCUT2D eigenvalue weighted by atomic mass is 19.4. The van der Waals surface area contributed by atoms with Crippen LogP contribution in [0.4, 0.5) is 18.9 Å². The second kappa shape index (κ2) is 5.93. The minimum atomic E-state index is -4.53. The highest BCUT2D eigenvalue weighted by Crippen LogP contribution is 2.37. The van der Waals surface area contributed by atoms with Crippen LogP contribution in [0.2, 0.25) is 0 Å². The number of anilines is 1. The molecule has 7 heteroatoms. The van der Waals surface area contributed by atoms with Gasteiger partial charge in [-0.05, 0) is 24.1 Å². The predicted octanol–water partition coefficient (Wildman–Crippen LogP) is 1.87. The summed E-state index contributed by atoms with van der Waals surface area (Å²) in [7, 11) is 1.64. The number of hydrogen-bond acceptors (Lipinski definition) is 3. The highest BCUT2D eigenvalue weighted by Gasteiger charge is 2.36. The Hall–Kier alpha value is -1.76. The standard InChI is InChI=1S/C14H17F3N2O2/c1-18-5-2-6-19(8-13(18)21)12-4-3-10(9-20)7-11(12)14(15,16)17/h3-4,7,20H,2,5-6,8-9H2,1H3. The average molecular weight is 302 g/mol. The fourth-order valence-electron chi connectivity index (χ4n) is 2.38. The molecular weight excluding hydrogens is 285 g/mol. The van der Waals surface area contributed by atoms with Crippen LogP contribution in [-0.2, 0) is 17.6 Å². The molecule has 1 N–H and O–H groups in total. The molecule has 0 unspecified atom stereocenters. The molecule has 1 amide bonds. The van der Waals surface area contributed by atoms with E-state index in [1.807, 2.05) is 0 Å². The zero-order chi connectivity index (χ0) is 15.6. The number of rotatable bonds is 2. The van der Waals surface area contributed by atoms with E-state index in [0.717, 1.165) is 6.07 Å². The average Bonchev–Trinajstić information content (AvgIpc) is 2.59. The summed E-state index contributed by atoms with van der Waals surface area (Å²) in [5.41, 5.74) is -0.626. The molecule has 21 heavy (non-hydrogen) atoms. The highest BCUT2D eigenvalue weighted by molar-refractivity contribution is 5.82. The summed E-state index contributed by atoms with van der Waals surface area (Å²) >= 11 is 0. The number of nitrogens with zero attached hydrogens (tertiary/aromatic N) is 2. The van der Waals surface area contributed by atoms with Gasteiger partial charge in [-0.2, -0.15) is 13.2 Å².